The Kier molecular flexibility index (Phi) is 7.43. The van der Waals surface area contributed by atoms with Crippen molar-refractivity contribution >= 4 is 17.2 Å². The van der Waals surface area contributed by atoms with Gasteiger partial charge in [0.05, 0.1) is 26.3 Å². The average Bonchev–Trinajstić information content (AvgIpc) is 3.31. The minimum absolute atomic E-state index is 0.177. The van der Waals surface area contributed by atoms with Crippen LogP contribution < -0.4 is 9.47 Å². The number of thiazole rings is 1. The van der Waals surface area contributed by atoms with E-state index in [1.54, 1.807) is 25.6 Å². The first-order valence-electron chi connectivity index (χ1n) is 11.1. The summed E-state index contributed by atoms with van der Waals surface area (Å²) in [4.78, 5) is 19.5. The third-order valence-corrected chi connectivity index (χ3v) is 7.11. The second-order valence-electron chi connectivity index (χ2n) is 8.24. The fourth-order valence-corrected chi connectivity index (χ4v) is 5.06. The molecule has 32 heavy (non-hydrogen) atoms. The van der Waals surface area contributed by atoms with Crippen LogP contribution in [0, 0.1) is 5.92 Å². The molecule has 1 aliphatic heterocycles. The molecular formula is C26H30N2O3S. The first-order chi connectivity index (χ1) is 15.7. The summed E-state index contributed by atoms with van der Waals surface area (Å²) in [5, 5.41) is 2.87. The zero-order valence-electron chi connectivity index (χ0n) is 18.8. The summed E-state index contributed by atoms with van der Waals surface area (Å²) in [5.41, 5.74) is 3.20. The van der Waals surface area contributed by atoms with Crippen molar-refractivity contribution in [2.45, 2.75) is 32.1 Å². The van der Waals surface area contributed by atoms with Crippen molar-refractivity contribution in [2.75, 3.05) is 27.3 Å². The molecule has 4 rings (SSSR count). The number of piperidine rings is 1. The Hall–Kier alpha value is -2.86. The lowest BCUT2D eigenvalue weighted by atomic mass is 9.90. The molecule has 0 bridgehead atoms. The van der Waals surface area contributed by atoms with E-state index in [1.165, 1.54) is 12.0 Å². The van der Waals surface area contributed by atoms with Gasteiger partial charge in [0.25, 0.3) is 0 Å². The Balaban J connectivity index is 1.28. The van der Waals surface area contributed by atoms with E-state index in [9.17, 15) is 4.79 Å². The number of carbonyl (C=O) groups is 1. The fraction of sp³-hybridized carbons (Fsp3) is 0.385. The zero-order valence-corrected chi connectivity index (χ0v) is 19.6. The van der Waals surface area contributed by atoms with E-state index in [0.29, 0.717) is 23.8 Å². The number of aryl methyl sites for hydroxylation is 1. The number of hydrogen-bond acceptors (Lipinski definition) is 5. The van der Waals surface area contributed by atoms with Crippen LogP contribution in [0.3, 0.4) is 0 Å². The summed E-state index contributed by atoms with van der Waals surface area (Å²) >= 11 is 1.55. The number of benzene rings is 2. The Labute approximate surface area is 194 Å². The maximum atomic E-state index is 12.8. The SMILES string of the molecule is COc1ccc(-c2nc(CC(=O)N3CCC(CCc4ccccc4)CC3)cs2)cc1OC. The summed E-state index contributed by atoms with van der Waals surface area (Å²) in [5.74, 6) is 2.24. The van der Waals surface area contributed by atoms with E-state index in [-0.39, 0.29) is 5.91 Å². The molecule has 0 atom stereocenters. The molecule has 5 nitrogen and oxygen atoms in total. The third kappa shape index (κ3) is 5.49. The van der Waals surface area contributed by atoms with Crippen molar-refractivity contribution in [1.29, 1.82) is 0 Å². The van der Waals surface area contributed by atoms with E-state index >= 15 is 0 Å². The minimum atomic E-state index is 0.177. The van der Waals surface area contributed by atoms with Crippen LogP contribution in [-0.2, 0) is 17.6 Å². The normalized spacial score (nSPS) is 14.4. The maximum Gasteiger partial charge on any atom is 0.228 e. The molecule has 0 N–H and O–H groups in total. The predicted octanol–water partition coefficient (Wildman–Crippen LogP) is 5.24. The van der Waals surface area contributed by atoms with Gasteiger partial charge < -0.3 is 14.4 Å². The number of methoxy groups -OCH3 is 2. The number of ether oxygens (including phenoxy) is 2. The van der Waals surface area contributed by atoms with Crippen LogP contribution in [0.1, 0.15) is 30.5 Å². The number of carbonyl (C=O) groups excluding carboxylic acids is 1. The Morgan fingerprint density at radius 1 is 1.06 bits per heavy atom. The number of hydrogen-bond donors (Lipinski definition) is 0. The van der Waals surface area contributed by atoms with Gasteiger partial charge in [-0.3, -0.25) is 4.79 Å². The summed E-state index contributed by atoms with van der Waals surface area (Å²) < 4.78 is 10.7. The molecule has 1 amide bonds. The number of nitrogens with zero attached hydrogens (tertiary/aromatic N) is 2. The molecule has 1 aliphatic rings. The first-order valence-corrected chi connectivity index (χ1v) is 12.0. The third-order valence-electron chi connectivity index (χ3n) is 6.17. The number of amides is 1. The largest absolute Gasteiger partial charge is 0.493 e. The second kappa shape index (κ2) is 10.6. The molecule has 2 aromatic carbocycles. The lowest BCUT2D eigenvalue weighted by Crippen LogP contribution is -2.39. The molecule has 168 valence electrons. The summed E-state index contributed by atoms with van der Waals surface area (Å²) in [6.07, 6.45) is 4.86. The Bertz CT molecular complexity index is 1030. The molecule has 3 aromatic rings. The van der Waals surface area contributed by atoms with Gasteiger partial charge in [0.1, 0.15) is 5.01 Å². The molecule has 1 saturated heterocycles. The lowest BCUT2D eigenvalue weighted by molar-refractivity contribution is -0.131. The van der Waals surface area contributed by atoms with E-state index in [4.69, 9.17) is 14.5 Å². The summed E-state index contributed by atoms with van der Waals surface area (Å²) in [6, 6.07) is 16.4. The standard InChI is InChI=1S/C26H30N2O3S/c1-30-23-11-10-21(16-24(23)31-2)26-27-22(18-32-26)17-25(29)28-14-12-20(13-15-28)9-8-19-6-4-3-5-7-19/h3-7,10-11,16,18,20H,8-9,12-15,17H2,1-2H3. The number of aromatic nitrogens is 1. The van der Waals surface area contributed by atoms with Crippen molar-refractivity contribution in [1.82, 2.24) is 9.88 Å². The highest BCUT2D eigenvalue weighted by Crippen LogP contribution is 2.33. The Morgan fingerprint density at radius 3 is 2.53 bits per heavy atom. The van der Waals surface area contributed by atoms with Gasteiger partial charge in [-0.25, -0.2) is 4.98 Å². The van der Waals surface area contributed by atoms with Gasteiger partial charge in [0.2, 0.25) is 5.91 Å². The van der Waals surface area contributed by atoms with E-state index in [0.717, 1.165) is 48.6 Å². The molecule has 2 heterocycles. The lowest BCUT2D eigenvalue weighted by Gasteiger charge is -2.32. The van der Waals surface area contributed by atoms with Gasteiger partial charge in [0.15, 0.2) is 11.5 Å². The van der Waals surface area contributed by atoms with Gasteiger partial charge in [-0.05, 0) is 55.4 Å². The van der Waals surface area contributed by atoms with E-state index in [2.05, 4.69) is 30.3 Å². The van der Waals surface area contributed by atoms with Crippen molar-refractivity contribution < 1.29 is 14.3 Å². The zero-order chi connectivity index (χ0) is 22.3. The van der Waals surface area contributed by atoms with Crippen LogP contribution in [0.5, 0.6) is 11.5 Å². The molecule has 1 aromatic heterocycles. The monoisotopic (exact) mass is 450 g/mol. The van der Waals surface area contributed by atoms with Crippen molar-refractivity contribution in [3.8, 4) is 22.1 Å². The molecule has 0 spiro atoms. The quantitative estimate of drug-likeness (QED) is 0.471. The minimum Gasteiger partial charge on any atom is -0.493 e. The van der Waals surface area contributed by atoms with Crippen molar-refractivity contribution in [3.63, 3.8) is 0 Å². The predicted molar refractivity (Wildman–Crippen MR) is 128 cm³/mol. The summed E-state index contributed by atoms with van der Waals surface area (Å²) in [6.45, 7) is 1.70. The molecule has 0 saturated carbocycles. The highest BCUT2D eigenvalue weighted by molar-refractivity contribution is 7.13. The van der Waals surface area contributed by atoms with Crippen LogP contribution in [0.4, 0.5) is 0 Å². The van der Waals surface area contributed by atoms with Gasteiger partial charge in [-0.1, -0.05) is 30.3 Å². The fourth-order valence-electron chi connectivity index (χ4n) is 4.24. The van der Waals surface area contributed by atoms with Crippen LogP contribution in [0.15, 0.2) is 53.9 Å². The smallest absolute Gasteiger partial charge is 0.228 e. The van der Waals surface area contributed by atoms with Crippen LogP contribution in [0.25, 0.3) is 10.6 Å². The molecule has 0 aliphatic carbocycles. The maximum absolute atomic E-state index is 12.8. The highest BCUT2D eigenvalue weighted by Gasteiger charge is 2.23. The van der Waals surface area contributed by atoms with Gasteiger partial charge in [-0.2, -0.15) is 0 Å². The number of rotatable bonds is 8. The molecular weight excluding hydrogens is 420 g/mol. The topological polar surface area (TPSA) is 51.7 Å². The first kappa shape index (κ1) is 22.3. The van der Waals surface area contributed by atoms with Crippen LogP contribution in [0.2, 0.25) is 0 Å². The van der Waals surface area contributed by atoms with Crippen LogP contribution in [-0.4, -0.2) is 43.1 Å². The molecule has 1 fully saturated rings. The van der Waals surface area contributed by atoms with Gasteiger partial charge >= 0.3 is 0 Å². The molecule has 6 heteroatoms. The van der Waals surface area contributed by atoms with Crippen molar-refractivity contribution in [3.05, 3.63) is 65.2 Å². The van der Waals surface area contributed by atoms with Crippen molar-refractivity contribution in [2.24, 2.45) is 5.92 Å². The Morgan fingerprint density at radius 2 is 1.81 bits per heavy atom. The van der Waals surface area contributed by atoms with E-state index in [1.807, 2.05) is 28.5 Å². The van der Waals surface area contributed by atoms with Gasteiger partial charge in [-0.15, -0.1) is 11.3 Å². The number of likely N-dealkylation sites (tertiary alicyclic amines) is 1. The van der Waals surface area contributed by atoms with Crippen LogP contribution >= 0.6 is 11.3 Å². The highest BCUT2D eigenvalue weighted by atomic mass is 32.1. The van der Waals surface area contributed by atoms with Gasteiger partial charge in [0, 0.05) is 24.0 Å². The second-order valence-corrected chi connectivity index (χ2v) is 9.10. The molecule has 0 unspecified atom stereocenters. The molecule has 0 radical (unpaired) electrons. The van der Waals surface area contributed by atoms with E-state index < -0.39 is 0 Å². The average molecular weight is 451 g/mol. The summed E-state index contributed by atoms with van der Waals surface area (Å²) in [7, 11) is 3.25.